The van der Waals surface area contributed by atoms with E-state index in [2.05, 4.69) is 5.32 Å². The number of carbonyl (C=O) groups is 3. The summed E-state index contributed by atoms with van der Waals surface area (Å²) in [6.07, 6.45) is -7.04. The van der Waals surface area contributed by atoms with Crippen LogP contribution < -0.4 is 10.6 Å². The van der Waals surface area contributed by atoms with Gasteiger partial charge < -0.3 is 20.5 Å². The number of nitrogens with one attached hydrogen (secondary N) is 2. The Hall–Kier alpha value is -3.56. The van der Waals surface area contributed by atoms with E-state index < -0.39 is 48.6 Å². The number of rotatable bonds is 9. The number of carboxylic acid groups (broad SMARTS) is 1. The van der Waals surface area contributed by atoms with E-state index in [-0.39, 0.29) is 12.5 Å². The molecule has 3 atom stereocenters. The fourth-order valence-electron chi connectivity index (χ4n) is 4.16. The fraction of sp³-hybridized carbons (Fsp3) is 0.400. The van der Waals surface area contributed by atoms with Gasteiger partial charge in [-0.05, 0) is 28.2 Å². The van der Waals surface area contributed by atoms with Gasteiger partial charge in [-0.3, -0.25) is 4.79 Å². The molecule has 0 aliphatic heterocycles. The number of aliphatic carboxylic acids is 1. The molecule has 2 unspecified atom stereocenters. The normalized spacial score (nSPS) is 15.3. The number of carbonyl (C=O) groups excluding carboxylic acids is 2. The summed E-state index contributed by atoms with van der Waals surface area (Å²) in [4.78, 5) is 36.5. The SMILES string of the molecule is CCC(C)[C@H](NC(=O)OCC1c2ccccc2-c2ccccc21)C(=O)NC(CC(F)(F)F)C(=O)O. The van der Waals surface area contributed by atoms with Crippen molar-refractivity contribution in [3.05, 3.63) is 59.7 Å². The number of amides is 2. The van der Waals surface area contributed by atoms with E-state index in [1.165, 1.54) is 0 Å². The lowest BCUT2D eigenvalue weighted by molar-refractivity contribution is -0.160. The van der Waals surface area contributed by atoms with Crippen molar-refractivity contribution >= 4 is 18.0 Å². The third-order valence-electron chi connectivity index (χ3n) is 6.16. The van der Waals surface area contributed by atoms with Gasteiger partial charge in [0.25, 0.3) is 0 Å². The summed E-state index contributed by atoms with van der Waals surface area (Å²) < 4.78 is 43.5. The summed E-state index contributed by atoms with van der Waals surface area (Å²) in [6, 6.07) is 12.0. The molecule has 0 heterocycles. The third-order valence-corrected chi connectivity index (χ3v) is 6.16. The first-order chi connectivity index (χ1) is 16.5. The third kappa shape index (κ3) is 6.32. The maximum atomic E-state index is 12.7. The van der Waals surface area contributed by atoms with Crippen molar-refractivity contribution in [2.45, 2.75) is 50.9 Å². The van der Waals surface area contributed by atoms with Crippen LogP contribution in [0.1, 0.15) is 43.7 Å². The molecule has 2 aromatic carbocycles. The highest BCUT2D eigenvalue weighted by molar-refractivity contribution is 5.89. The molecule has 2 amide bonds. The number of halogens is 3. The summed E-state index contributed by atoms with van der Waals surface area (Å²) in [5, 5.41) is 13.4. The van der Waals surface area contributed by atoms with Crippen LogP contribution in [0.3, 0.4) is 0 Å². The second-order valence-electron chi connectivity index (χ2n) is 8.55. The van der Waals surface area contributed by atoms with Gasteiger partial charge in [0.05, 0.1) is 6.42 Å². The summed E-state index contributed by atoms with van der Waals surface area (Å²) in [7, 11) is 0. The zero-order valence-corrected chi connectivity index (χ0v) is 19.3. The molecule has 188 valence electrons. The number of hydrogen-bond donors (Lipinski definition) is 3. The summed E-state index contributed by atoms with van der Waals surface area (Å²) in [5.74, 6) is -3.55. The monoisotopic (exact) mass is 492 g/mol. The van der Waals surface area contributed by atoms with Crippen LogP contribution in [-0.4, -0.2) is 47.9 Å². The summed E-state index contributed by atoms with van der Waals surface area (Å²) in [6.45, 7) is 3.34. The molecule has 10 heteroatoms. The van der Waals surface area contributed by atoms with Gasteiger partial charge >= 0.3 is 18.2 Å². The van der Waals surface area contributed by atoms with E-state index in [9.17, 15) is 27.6 Å². The lowest BCUT2D eigenvalue weighted by atomic mass is 9.97. The largest absolute Gasteiger partial charge is 0.480 e. The van der Waals surface area contributed by atoms with Gasteiger partial charge in [0.15, 0.2) is 0 Å². The number of fused-ring (bicyclic) bond motifs is 3. The van der Waals surface area contributed by atoms with Gasteiger partial charge in [0.1, 0.15) is 18.7 Å². The van der Waals surface area contributed by atoms with Gasteiger partial charge in [-0.15, -0.1) is 0 Å². The smallest absolute Gasteiger partial charge is 0.407 e. The molecule has 0 fully saturated rings. The Bertz CT molecular complexity index is 1040. The van der Waals surface area contributed by atoms with Crippen LogP contribution in [0.2, 0.25) is 0 Å². The molecule has 0 spiro atoms. The molecular weight excluding hydrogens is 465 g/mol. The first kappa shape index (κ1) is 26.1. The molecule has 1 aliphatic rings. The molecule has 0 aromatic heterocycles. The van der Waals surface area contributed by atoms with E-state index >= 15 is 0 Å². The highest BCUT2D eigenvalue weighted by Gasteiger charge is 2.38. The van der Waals surface area contributed by atoms with Gasteiger partial charge in [0, 0.05) is 5.92 Å². The molecule has 0 bridgehead atoms. The lowest BCUT2D eigenvalue weighted by Gasteiger charge is -2.26. The zero-order valence-electron chi connectivity index (χ0n) is 19.3. The van der Waals surface area contributed by atoms with Gasteiger partial charge in [-0.1, -0.05) is 68.8 Å². The van der Waals surface area contributed by atoms with Crippen molar-refractivity contribution in [3.63, 3.8) is 0 Å². The average Bonchev–Trinajstić information content (AvgIpc) is 3.13. The first-order valence-electron chi connectivity index (χ1n) is 11.2. The van der Waals surface area contributed by atoms with E-state index in [0.717, 1.165) is 22.3 Å². The molecule has 3 rings (SSSR count). The molecule has 3 N–H and O–H groups in total. The van der Waals surface area contributed by atoms with Crippen molar-refractivity contribution < 1.29 is 37.4 Å². The van der Waals surface area contributed by atoms with Crippen LogP contribution in [0.5, 0.6) is 0 Å². The molecule has 0 saturated heterocycles. The number of benzene rings is 2. The van der Waals surface area contributed by atoms with Crippen LogP contribution in [0.25, 0.3) is 11.1 Å². The second-order valence-corrected chi connectivity index (χ2v) is 8.55. The molecule has 0 saturated carbocycles. The maximum absolute atomic E-state index is 12.7. The minimum atomic E-state index is -4.79. The van der Waals surface area contributed by atoms with Crippen molar-refractivity contribution in [1.29, 1.82) is 0 Å². The lowest BCUT2D eigenvalue weighted by Crippen LogP contribution is -2.55. The van der Waals surface area contributed by atoms with Crippen LogP contribution in [0.4, 0.5) is 18.0 Å². The second kappa shape index (κ2) is 10.8. The predicted molar refractivity (Wildman–Crippen MR) is 122 cm³/mol. The minimum Gasteiger partial charge on any atom is -0.480 e. The maximum Gasteiger partial charge on any atom is 0.407 e. The van der Waals surface area contributed by atoms with Crippen molar-refractivity contribution in [3.8, 4) is 11.1 Å². The molecular formula is C25H27F3N2O5. The standard InChI is InChI=1S/C25H27F3N2O5/c1-3-14(2)21(22(31)29-20(23(32)33)12-25(26,27)28)30-24(34)35-13-19-17-10-6-4-8-15(17)16-9-5-7-11-18(16)19/h4-11,14,19-21H,3,12-13H2,1-2H3,(H,29,31)(H,30,34)(H,32,33)/t14?,20?,21-/m0/s1. The van der Waals surface area contributed by atoms with Crippen LogP contribution in [0.15, 0.2) is 48.5 Å². The highest BCUT2D eigenvalue weighted by atomic mass is 19.4. The first-order valence-corrected chi connectivity index (χ1v) is 11.2. The van der Waals surface area contributed by atoms with Crippen molar-refractivity contribution in [2.75, 3.05) is 6.61 Å². The van der Waals surface area contributed by atoms with Gasteiger partial charge in [0.2, 0.25) is 5.91 Å². The summed E-state index contributed by atoms with van der Waals surface area (Å²) in [5.41, 5.74) is 4.07. The van der Waals surface area contributed by atoms with Crippen molar-refractivity contribution in [1.82, 2.24) is 10.6 Å². The van der Waals surface area contributed by atoms with E-state index in [4.69, 9.17) is 9.84 Å². The number of alkyl halides is 3. The van der Waals surface area contributed by atoms with E-state index in [0.29, 0.717) is 6.42 Å². The number of alkyl carbamates (subject to hydrolysis) is 1. The topological polar surface area (TPSA) is 105 Å². The van der Waals surface area contributed by atoms with Gasteiger partial charge in [-0.25, -0.2) is 9.59 Å². The van der Waals surface area contributed by atoms with Crippen LogP contribution in [0, 0.1) is 5.92 Å². The minimum absolute atomic E-state index is 0.0134. The average molecular weight is 492 g/mol. The van der Waals surface area contributed by atoms with Crippen LogP contribution in [-0.2, 0) is 14.3 Å². The van der Waals surface area contributed by atoms with Crippen LogP contribution >= 0.6 is 0 Å². The Kier molecular flexibility index (Phi) is 8.03. The Labute approximate surface area is 200 Å². The number of carboxylic acids is 1. The fourth-order valence-corrected chi connectivity index (χ4v) is 4.16. The number of hydrogen-bond acceptors (Lipinski definition) is 4. The van der Waals surface area contributed by atoms with E-state index in [1.807, 2.05) is 53.8 Å². The van der Waals surface area contributed by atoms with E-state index in [1.54, 1.807) is 13.8 Å². The summed E-state index contributed by atoms with van der Waals surface area (Å²) >= 11 is 0. The van der Waals surface area contributed by atoms with Crippen molar-refractivity contribution in [2.24, 2.45) is 5.92 Å². The Morgan fingerprint density at radius 1 is 1.00 bits per heavy atom. The highest BCUT2D eigenvalue weighted by Crippen LogP contribution is 2.44. The quantitative estimate of drug-likeness (QED) is 0.479. The predicted octanol–water partition coefficient (Wildman–Crippen LogP) is 4.46. The Balaban J connectivity index is 1.68. The Morgan fingerprint density at radius 2 is 1.54 bits per heavy atom. The molecule has 0 radical (unpaired) electrons. The molecule has 2 aromatic rings. The van der Waals surface area contributed by atoms with Gasteiger partial charge in [-0.2, -0.15) is 13.2 Å². The number of ether oxygens (including phenoxy) is 1. The molecule has 7 nitrogen and oxygen atoms in total. The Morgan fingerprint density at radius 3 is 2.03 bits per heavy atom. The zero-order chi connectivity index (χ0) is 25.8. The molecule has 35 heavy (non-hydrogen) atoms. The molecule has 1 aliphatic carbocycles.